The highest BCUT2D eigenvalue weighted by Gasteiger charge is 2.30. The van der Waals surface area contributed by atoms with Crippen LogP contribution < -0.4 is 19.5 Å². The SMILES string of the molecule is COc1cc(Nc2ncc3ccn(-c4ccc(C(F)(F)F)cc4)c3n2)cc(OC)c1OC. The van der Waals surface area contributed by atoms with Gasteiger partial charge in [-0.25, -0.2) is 4.98 Å². The van der Waals surface area contributed by atoms with E-state index < -0.39 is 11.7 Å². The lowest BCUT2D eigenvalue weighted by molar-refractivity contribution is -0.137. The van der Waals surface area contributed by atoms with Crippen LogP contribution in [-0.4, -0.2) is 35.9 Å². The van der Waals surface area contributed by atoms with E-state index in [1.54, 1.807) is 35.2 Å². The maximum absolute atomic E-state index is 12.9. The summed E-state index contributed by atoms with van der Waals surface area (Å²) in [4.78, 5) is 8.85. The summed E-state index contributed by atoms with van der Waals surface area (Å²) in [5.41, 5.74) is 0.976. The number of nitrogens with zero attached hydrogens (tertiary/aromatic N) is 3. The van der Waals surface area contributed by atoms with Gasteiger partial charge in [0.2, 0.25) is 11.7 Å². The van der Waals surface area contributed by atoms with E-state index in [0.29, 0.717) is 40.2 Å². The van der Waals surface area contributed by atoms with E-state index in [-0.39, 0.29) is 0 Å². The Hall–Kier alpha value is -3.95. The van der Waals surface area contributed by atoms with Crippen LogP contribution in [0.5, 0.6) is 17.2 Å². The van der Waals surface area contributed by atoms with Crippen molar-refractivity contribution in [2.75, 3.05) is 26.6 Å². The van der Waals surface area contributed by atoms with Gasteiger partial charge in [-0.05, 0) is 30.3 Å². The summed E-state index contributed by atoms with van der Waals surface area (Å²) in [5, 5.41) is 3.83. The molecule has 0 radical (unpaired) electrons. The zero-order valence-electron chi connectivity index (χ0n) is 17.4. The molecular formula is C22H19F3N4O3. The molecule has 0 saturated carbocycles. The van der Waals surface area contributed by atoms with E-state index in [9.17, 15) is 13.2 Å². The number of rotatable bonds is 6. The van der Waals surface area contributed by atoms with Gasteiger partial charge in [0.05, 0.1) is 26.9 Å². The molecule has 0 bridgehead atoms. The molecule has 0 saturated heterocycles. The molecule has 0 amide bonds. The van der Waals surface area contributed by atoms with Crippen LogP contribution in [0.4, 0.5) is 24.8 Å². The van der Waals surface area contributed by atoms with E-state index in [0.717, 1.165) is 17.5 Å². The van der Waals surface area contributed by atoms with E-state index in [4.69, 9.17) is 14.2 Å². The predicted octanol–water partition coefficient (Wildman–Crippen LogP) is 5.21. The van der Waals surface area contributed by atoms with Gasteiger partial charge in [-0.3, -0.25) is 0 Å². The van der Waals surface area contributed by atoms with Crippen molar-refractivity contribution >= 4 is 22.7 Å². The smallest absolute Gasteiger partial charge is 0.416 e. The highest BCUT2D eigenvalue weighted by molar-refractivity contribution is 5.79. The Labute approximate surface area is 181 Å². The molecule has 2 aromatic carbocycles. The van der Waals surface area contributed by atoms with Crippen LogP contribution >= 0.6 is 0 Å². The highest BCUT2D eigenvalue weighted by atomic mass is 19.4. The molecular weight excluding hydrogens is 425 g/mol. The Bertz CT molecular complexity index is 1230. The van der Waals surface area contributed by atoms with Crippen LogP contribution in [0.2, 0.25) is 0 Å². The van der Waals surface area contributed by atoms with E-state index >= 15 is 0 Å². The third kappa shape index (κ3) is 3.98. The zero-order valence-corrected chi connectivity index (χ0v) is 17.4. The van der Waals surface area contributed by atoms with Gasteiger partial charge in [0.1, 0.15) is 5.65 Å². The minimum atomic E-state index is -4.39. The second kappa shape index (κ2) is 8.29. The van der Waals surface area contributed by atoms with Gasteiger partial charge in [0.15, 0.2) is 11.5 Å². The summed E-state index contributed by atoms with van der Waals surface area (Å²) in [6.45, 7) is 0. The fraction of sp³-hybridized carbons (Fsp3) is 0.182. The van der Waals surface area contributed by atoms with Gasteiger partial charge >= 0.3 is 6.18 Å². The minimum Gasteiger partial charge on any atom is -0.493 e. The van der Waals surface area contributed by atoms with Crippen molar-refractivity contribution in [1.29, 1.82) is 0 Å². The average molecular weight is 444 g/mol. The number of alkyl halides is 3. The molecule has 0 aliphatic carbocycles. The van der Waals surface area contributed by atoms with Crippen molar-refractivity contribution in [3.8, 4) is 22.9 Å². The number of anilines is 2. The number of ether oxygens (including phenoxy) is 3. The Balaban J connectivity index is 1.69. The monoisotopic (exact) mass is 444 g/mol. The van der Waals surface area contributed by atoms with Gasteiger partial charge in [0.25, 0.3) is 0 Å². The molecule has 0 aliphatic heterocycles. The number of hydrogen-bond donors (Lipinski definition) is 1. The van der Waals surface area contributed by atoms with Gasteiger partial charge < -0.3 is 24.1 Å². The fourth-order valence-electron chi connectivity index (χ4n) is 3.28. The average Bonchev–Trinajstić information content (AvgIpc) is 3.21. The molecule has 10 heteroatoms. The summed E-state index contributed by atoms with van der Waals surface area (Å²) in [6, 6.07) is 10.1. The summed E-state index contributed by atoms with van der Waals surface area (Å²) in [6.07, 6.45) is -1.04. The first-order valence-corrected chi connectivity index (χ1v) is 9.43. The first-order valence-electron chi connectivity index (χ1n) is 9.43. The fourth-order valence-corrected chi connectivity index (χ4v) is 3.28. The molecule has 166 valence electrons. The number of halogens is 3. The van der Waals surface area contributed by atoms with Crippen LogP contribution in [0.3, 0.4) is 0 Å². The lowest BCUT2D eigenvalue weighted by atomic mass is 10.2. The predicted molar refractivity (Wildman–Crippen MR) is 113 cm³/mol. The third-order valence-electron chi connectivity index (χ3n) is 4.82. The molecule has 2 heterocycles. The van der Waals surface area contributed by atoms with Crippen molar-refractivity contribution in [2.45, 2.75) is 6.18 Å². The largest absolute Gasteiger partial charge is 0.493 e. The van der Waals surface area contributed by atoms with Crippen LogP contribution in [0.15, 0.2) is 54.9 Å². The number of methoxy groups -OCH3 is 3. The second-order valence-corrected chi connectivity index (χ2v) is 6.74. The molecule has 7 nitrogen and oxygen atoms in total. The summed E-state index contributed by atoms with van der Waals surface area (Å²) in [7, 11) is 4.54. The van der Waals surface area contributed by atoms with Crippen LogP contribution in [0.1, 0.15) is 5.56 Å². The first-order chi connectivity index (χ1) is 15.3. The topological polar surface area (TPSA) is 70.4 Å². The van der Waals surface area contributed by atoms with Gasteiger partial charge in [-0.15, -0.1) is 0 Å². The van der Waals surface area contributed by atoms with Crippen molar-refractivity contribution in [3.63, 3.8) is 0 Å². The Morgan fingerprint density at radius 2 is 1.56 bits per heavy atom. The number of hydrogen-bond acceptors (Lipinski definition) is 6. The Kier molecular flexibility index (Phi) is 5.52. The van der Waals surface area contributed by atoms with Gasteiger partial charge in [0, 0.05) is 41.3 Å². The zero-order chi connectivity index (χ0) is 22.9. The summed E-state index contributed by atoms with van der Waals surface area (Å²) < 4.78 is 56.3. The lowest BCUT2D eigenvalue weighted by Crippen LogP contribution is -2.05. The standard InChI is InChI=1S/C22H19F3N4O3/c1-30-17-10-15(11-18(31-2)19(17)32-3)27-21-26-12-13-8-9-29(20(13)28-21)16-6-4-14(5-7-16)22(23,24)25/h4-12H,1-3H3,(H,26,27,28). The normalized spacial score (nSPS) is 11.4. The lowest BCUT2D eigenvalue weighted by Gasteiger charge is -2.14. The molecule has 32 heavy (non-hydrogen) atoms. The molecule has 0 unspecified atom stereocenters. The van der Waals surface area contributed by atoms with E-state index in [2.05, 4.69) is 15.3 Å². The quantitative estimate of drug-likeness (QED) is 0.440. The first kappa shape index (κ1) is 21.3. The molecule has 4 aromatic rings. The maximum Gasteiger partial charge on any atom is 0.416 e. The molecule has 1 N–H and O–H groups in total. The van der Waals surface area contributed by atoms with Crippen LogP contribution in [-0.2, 0) is 6.18 Å². The minimum absolute atomic E-state index is 0.290. The number of nitrogens with one attached hydrogen (secondary N) is 1. The molecule has 0 spiro atoms. The van der Waals surface area contributed by atoms with Crippen molar-refractivity contribution in [1.82, 2.24) is 14.5 Å². The van der Waals surface area contributed by atoms with E-state index in [1.165, 1.54) is 33.5 Å². The third-order valence-corrected chi connectivity index (χ3v) is 4.82. The summed E-state index contributed by atoms with van der Waals surface area (Å²) in [5.74, 6) is 1.67. The van der Waals surface area contributed by atoms with Crippen LogP contribution in [0.25, 0.3) is 16.7 Å². The number of aromatic nitrogens is 3. The molecule has 2 aromatic heterocycles. The highest BCUT2D eigenvalue weighted by Crippen LogP contribution is 2.40. The second-order valence-electron chi connectivity index (χ2n) is 6.74. The van der Waals surface area contributed by atoms with E-state index in [1.807, 2.05) is 0 Å². The van der Waals surface area contributed by atoms with Crippen molar-refractivity contribution < 1.29 is 27.4 Å². The molecule has 4 rings (SSSR count). The Morgan fingerprint density at radius 3 is 2.12 bits per heavy atom. The van der Waals surface area contributed by atoms with Gasteiger partial charge in [-0.1, -0.05) is 0 Å². The maximum atomic E-state index is 12.9. The number of benzene rings is 2. The van der Waals surface area contributed by atoms with Crippen LogP contribution in [0, 0.1) is 0 Å². The number of fused-ring (bicyclic) bond motifs is 1. The van der Waals surface area contributed by atoms with Gasteiger partial charge in [-0.2, -0.15) is 18.2 Å². The molecule has 0 aliphatic rings. The molecule has 0 fully saturated rings. The molecule has 0 atom stereocenters. The Morgan fingerprint density at radius 1 is 0.906 bits per heavy atom. The van der Waals surface area contributed by atoms with Crippen molar-refractivity contribution in [3.05, 3.63) is 60.4 Å². The summed E-state index contributed by atoms with van der Waals surface area (Å²) >= 11 is 0. The van der Waals surface area contributed by atoms with Crippen molar-refractivity contribution in [2.24, 2.45) is 0 Å².